The van der Waals surface area contributed by atoms with E-state index in [4.69, 9.17) is 11.6 Å². The van der Waals surface area contributed by atoms with Crippen LogP contribution in [0.2, 0.25) is 5.02 Å². The summed E-state index contributed by atoms with van der Waals surface area (Å²) in [5, 5.41) is 9.09. The lowest BCUT2D eigenvalue weighted by molar-refractivity contribution is -0.144. The van der Waals surface area contributed by atoms with Crippen molar-refractivity contribution < 1.29 is 27.5 Å². The fraction of sp³-hybridized carbons (Fsp3) is 0.278. The maximum Gasteiger partial charge on any atom is 0.432 e. The standard InChI is InChI=1S/C18H15ClF4N2O4S/c1-7(2)13(16(27)28)30-12-6-11(10(20)5-9(12)19)25-15(26)8(3)14(18(21,22)23)24(4)17(25)29/h5-6H,1-4H3,(H,27,28). The Balaban J connectivity index is 2.84. The van der Waals surface area contributed by atoms with Crippen molar-refractivity contribution in [2.45, 2.75) is 31.8 Å². The molecule has 1 aromatic carbocycles. The van der Waals surface area contributed by atoms with Gasteiger partial charge in [0.15, 0.2) is 0 Å². The summed E-state index contributed by atoms with van der Waals surface area (Å²) < 4.78 is 54.7. The van der Waals surface area contributed by atoms with Crippen LogP contribution in [0.4, 0.5) is 17.6 Å². The first-order valence-electron chi connectivity index (χ1n) is 8.16. The highest BCUT2D eigenvalue weighted by molar-refractivity contribution is 8.04. The normalized spacial score (nSPS) is 11.5. The molecule has 30 heavy (non-hydrogen) atoms. The minimum atomic E-state index is -4.98. The van der Waals surface area contributed by atoms with Crippen molar-refractivity contribution >= 4 is 29.3 Å². The van der Waals surface area contributed by atoms with Crippen LogP contribution in [0.25, 0.3) is 5.69 Å². The number of allylic oxidation sites excluding steroid dienone is 1. The second kappa shape index (κ2) is 8.31. The Hall–Kier alpha value is -2.53. The van der Waals surface area contributed by atoms with E-state index < -0.39 is 46.2 Å². The molecule has 0 spiro atoms. The van der Waals surface area contributed by atoms with Crippen LogP contribution < -0.4 is 11.2 Å². The molecule has 2 rings (SSSR count). The average Bonchev–Trinajstić information content (AvgIpc) is 2.59. The third-order valence-corrected chi connectivity index (χ3v) is 5.83. The van der Waals surface area contributed by atoms with Crippen LogP contribution in [0.15, 0.2) is 37.1 Å². The molecule has 0 atom stereocenters. The highest BCUT2D eigenvalue weighted by Crippen LogP contribution is 2.36. The van der Waals surface area contributed by atoms with Gasteiger partial charge in [0.25, 0.3) is 5.56 Å². The predicted octanol–water partition coefficient (Wildman–Crippen LogP) is 4.13. The molecule has 2 aromatic rings. The molecular formula is C18H15ClF4N2O4S. The van der Waals surface area contributed by atoms with Crippen molar-refractivity contribution in [2.24, 2.45) is 7.05 Å². The second-order valence-corrected chi connectivity index (χ2v) is 7.88. The number of thioether (sulfide) groups is 1. The summed E-state index contributed by atoms with van der Waals surface area (Å²) in [5.74, 6) is -2.42. The predicted molar refractivity (Wildman–Crippen MR) is 104 cm³/mol. The Morgan fingerprint density at radius 3 is 2.23 bits per heavy atom. The Morgan fingerprint density at radius 2 is 1.77 bits per heavy atom. The SMILES string of the molecule is CC(C)=C(Sc1cc(-n2c(=O)c(C)c(C(F)(F)F)n(C)c2=O)c(F)cc1Cl)C(=O)O. The maximum atomic E-state index is 14.6. The van der Waals surface area contributed by atoms with Crippen LogP contribution in [-0.2, 0) is 18.0 Å². The third kappa shape index (κ3) is 4.31. The van der Waals surface area contributed by atoms with Crippen molar-refractivity contribution in [1.29, 1.82) is 0 Å². The highest BCUT2D eigenvalue weighted by Gasteiger charge is 2.38. The third-order valence-electron chi connectivity index (χ3n) is 4.06. The molecule has 0 aliphatic heterocycles. The van der Waals surface area contributed by atoms with Gasteiger partial charge in [0, 0.05) is 17.5 Å². The first kappa shape index (κ1) is 23.7. The fourth-order valence-corrected chi connectivity index (χ4v) is 3.81. The summed E-state index contributed by atoms with van der Waals surface area (Å²) in [7, 11) is 0.809. The Morgan fingerprint density at radius 1 is 1.20 bits per heavy atom. The van der Waals surface area contributed by atoms with Crippen LogP contribution in [0.3, 0.4) is 0 Å². The average molecular weight is 467 g/mol. The lowest BCUT2D eigenvalue weighted by Crippen LogP contribution is -2.43. The Kier molecular flexibility index (Phi) is 6.57. The molecule has 162 valence electrons. The molecule has 0 saturated heterocycles. The van der Waals surface area contributed by atoms with Crippen molar-refractivity contribution in [3.05, 3.63) is 65.5 Å². The van der Waals surface area contributed by atoms with E-state index in [0.717, 1.165) is 26.1 Å². The van der Waals surface area contributed by atoms with Crippen molar-refractivity contribution in [3.63, 3.8) is 0 Å². The van der Waals surface area contributed by atoms with Gasteiger partial charge in [0.2, 0.25) is 0 Å². The zero-order valence-corrected chi connectivity index (χ0v) is 17.6. The van der Waals surface area contributed by atoms with Crippen molar-refractivity contribution in [2.75, 3.05) is 0 Å². The molecule has 0 aliphatic rings. The Bertz CT molecular complexity index is 1160. The minimum Gasteiger partial charge on any atom is -0.477 e. The van der Waals surface area contributed by atoms with Crippen LogP contribution in [0, 0.1) is 12.7 Å². The van der Waals surface area contributed by atoms with E-state index in [1.54, 1.807) is 0 Å². The lowest BCUT2D eigenvalue weighted by Gasteiger charge is -2.18. The lowest BCUT2D eigenvalue weighted by atomic mass is 10.2. The number of carboxylic acids is 1. The van der Waals surface area contributed by atoms with E-state index in [2.05, 4.69) is 0 Å². The van der Waals surface area contributed by atoms with Gasteiger partial charge < -0.3 is 5.11 Å². The molecule has 0 amide bonds. The molecule has 0 fully saturated rings. The van der Waals surface area contributed by atoms with E-state index in [9.17, 15) is 37.1 Å². The number of nitrogens with zero attached hydrogens (tertiary/aromatic N) is 2. The van der Waals surface area contributed by atoms with Gasteiger partial charge in [-0.05, 0) is 32.9 Å². The summed E-state index contributed by atoms with van der Waals surface area (Å²) in [6, 6.07) is 1.70. The molecule has 0 bridgehead atoms. The van der Waals surface area contributed by atoms with E-state index in [1.165, 1.54) is 13.8 Å². The smallest absolute Gasteiger partial charge is 0.432 e. The van der Waals surface area contributed by atoms with Gasteiger partial charge in [-0.15, -0.1) is 0 Å². The van der Waals surface area contributed by atoms with Gasteiger partial charge >= 0.3 is 17.8 Å². The minimum absolute atomic E-state index is 0.00169. The van der Waals surface area contributed by atoms with Gasteiger partial charge in [-0.3, -0.25) is 9.36 Å². The van der Waals surface area contributed by atoms with E-state index >= 15 is 0 Å². The molecule has 12 heteroatoms. The van der Waals surface area contributed by atoms with Gasteiger partial charge in [-0.25, -0.2) is 18.5 Å². The fourth-order valence-electron chi connectivity index (χ4n) is 2.71. The van der Waals surface area contributed by atoms with E-state index in [1.807, 2.05) is 0 Å². The number of benzene rings is 1. The molecule has 1 heterocycles. The molecule has 0 radical (unpaired) electrons. The molecular weight excluding hydrogens is 452 g/mol. The Labute approximate surface area is 176 Å². The van der Waals surface area contributed by atoms with Crippen molar-refractivity contribution in [3.8, 4) is 5.69 Å². The number of hydrogen-bond acceptors (Lipinski definition) is 4. The molecule has 0 unspecified atom stereocenters. The summed E-state index contributed by atoms with van der Waals surface area (Å²) >= 11 is 6.63. The summed E-state index contributed by atoms with van der Waals surface area (Å²) in [4.78, 5) is 36.3. The number of alkyl halides is 3. The first-order chi connectivity index (χ1) is 13.7. The zero-order chi connectivity index (χ0) is 23.1. The summed E-state index contributed by atoms with van der Waals surface area (Å²) in [6.45, 7) is 3.92. The zero-order valence-electron chi connectivity index (χ0n) is 16.0. The largest absolute Gasteiger partial charge is 0.477 e. The first-order valence-corrected chi connectivity index (χ1v) is 9.35. The summed E-state index contributed by atoms with van der Waals surface area (Å²) in [5.41, 5.74) is -5.27. The number of rotatable bonds is 4. The van der Waals surface area contributed by atoms with Gasteiger partial charge in [0.05, 0.1) is 15.6 Å². The quantitative estimate of drug-likeness (QED) is 0.416. The maximum absolute atomic E-state index is 14.6. The molecule has 1 N–H and O–H groups in total. The number of carboxylic acid groups (broad SMARTS) is 1. The van der Waals surface area contributed by atoms with E-state index in [0.29, 0.717) is 17.3 Å². The van der Waals surface area contributed by atoms with E-state index in [-0.39, 0.29) is 24.0 Å². The highest BCUT2D eigenvalue weighted by atomic mass is 35.5. The number of halogens is 5. The van der Waals surface area contributed by atoms with Crippen molar-refractivity contribution in [1.82, 2.24) is 9.13 Å². The topological polar surface area (TPSA) is 81.3 Å². The monoisotopic (exact) mass is 466 g/mol. The van der Waals surface area contributed by atoms with Crippen LogP contribution in [-0.4, -0.2) is 20.2 Å². The second-order valence-electron chi connectivity index (χ2n) is 6.42. The van der Waals surface area contributed by atoms with Gasteiger partial charge in [0.1, 0.15) is 11.5 Å². The molecule has 1 aromatic heterocycles. The van der Waals surface area contributed by atoms with Crippen LogP contribution in [0.1, 0.15) is 25.1 Å². The molecule has 0 saturated carbocycles. The van der Waals surface area contributed by atoms with Gasteiger partial charge in [-0.1, -0.05) is 28.9 Å². The number of hydrogen-bond donors (Lipinski definition) is 1. The number of aromatic nitrogens is 2. The number of aliphatic carboxylic acids is 1. The van der Waals surface area contributed by atoms with Crippen LogP contribution >= 0.6 is 23.4 Å². The van der Waals surface area contributed by atoms with Gasteiger partial charge in [-0.2, -0.15) is 13.2 Å². The number of carbonyl (C=O) groups is 1. The molecule has 0 aliphatic carbocycles. The van der Waals surface area contributed by atoms with Crippen LogP contribution in [0.5, 0.6) is 0 Å². The summed E-state index contributed by atoms with van der Waals surface area (Å²) in [6.07, 6.45) is -4.98. The molecule has 6 nitrogen and oxygen atoms in total.